The van der Waals surface area contributed by atoms with E-state index >= 15 is 0 Å². The topological polar surface area (TPSA) is 46.3 Å². The van der Waals surface area contributed by atoms with E-state index in [9.17, 15) is 4.79 Å². The molecule has 3 heteroatoms. The molecule has 0 aromatic rings. The van der Waals surface area contributed by atoms with Crippen molar-refractivity contribution >= 4 is 5.91 Å². The Morgan fingerprint density at radius 3 is 2.56 bits per heavy atom. The largest absolute Gasteiger partial charge is 0.338 e. The zero-order chi connectivity index (χ0) is 11.4. The summed E-state index contributed by atoms with van der Waals surface area (Å²) in [6, 6.07) is 0. The van der Waals surface area contributed by atoms with Crippen LogP contribution < -0.4 is 5.73 Å². The summed E-state index contributed by atoms with van der Waals surface area (Å²) < 4.78 is 0. The molecule has 1 amide bonds. The minimum atomic E-state index is 0.272. The summed E-state index contributed by atoms with van der Waals surface area (Å²) in [5.74, 6) is 1.31. The molecule has 0 saturated heterocycles. The van der Waals surface area contributed by atoms with Gasteiger partial charge in [-0.1, -0.05) is 12.2 Å². The molecule has 0 unspecified atom stereocenters. The number of hydrogen-bond donors (Lipinski definition) is 1. The number of carbonyl (C=O) groups is 1. The summed E-state index contributed by atoms with van der Waals surface area (Å²) in [6.07, 6.45) is 9.64. The van der Waals surface area contributed by atoms with E-state index in [1.54, 1.807) is 0 Å². The maximum atomic E-state index is 12.2. The summed E-state index contributed by atoms with van der Waals surface area (Å²) in [5.41, 5.74) is 5.66. The fourth-order valence-electron chi connectivity index (χ4n) is 2.74. The van der Waals surface area contributed by atoms with E-state index in [1.807, 2.05) is 4.90 Å². The minimum Gasteiger partial charge on any atom is -0.338 e. The number of rotatable bonds is 2. The molecule has 16 heavy (non-hydrogen) atoms. The molecule has 0 radical (unpaired) electrons. The van der Waals surface area contributed by atoms with Gasteiger partial charge in [0.1, 0.15) is 0 Å². The summed E-state index contributed by atoms with van der Waals surface area (Å²) in [6.45, 7) is 2.51. The van der Waals surface area contributed by atoms with Crippen LogP contribution in [0.5, 0.6) is 0 Å². The first kappa shape index (κ1) is 11.6. The minimum absolute atomic E-state index is 0.272. The van der Waals surface area contributed by atoms with Crippen molar-refractivity contribution in [3.63, 3.8) is 0 Å². The van der Waals surface area contributed by atoms with Gasteiger partial charge in [-0.3, -0.25) is 4.79 Å². The monoisotopic (exact) mass is 222 g/mol. The Labute approximate surface area is 97.7 Å². The molecule has 2 rings (SSSR count). The molecule has 0 aromatic heterocycles. The van der Waals surface area contributed by atoms with E-state index in [4.69, 9.17) is 5.73 Å². The van der Waals surface area contributed by atoms with Crippen LogP contribution in [-0.2, 0) is 4.79 Å². The second-order valence-corrected chi connectivity index (χ2v) is 5.00. The molecule has 1 saturated carbocycles. The maximum absolute atomic E-state index is 12.2. The van der Waals surface area contributed by atoms with Crippen LogP contribution in [0.15, 0.2) is 12.2 Å². The predicted molar refractivity (Wildman–Crippen MR) is 64.8 cm³/mol. The summed E-state index contributed by atoms with van der Waals surface area (Å²) >= 11 is 0. The molecule has 3 nitrogen and oxygen atoms in total. The van der Waals surface area contributed by atoms with Gasteiger partial charge in [-0.25, -0.2) is 0 Å². The average Bonchev–Trinajstić information content (AvgIpc) is 2.39. The van der Waals surface area contributed by atoms with Crippen molar-refractivity contribution < 1.29 is 4.79 Å². The molecule has 0 atom stereocenters. The maximum Gasteiger partial charge on any atom is 0.225 e. The molecule has 2 N–H and O–H groups in total. The third-order valence-corrected chi connectivity index (χ3v) is 3.90. The van der Waals surface area contributed by atoms with Crippen LogP contribution in [0.4, 0.5) is 0 Å². The van der Waals surface area contributed by atoms with Crippen molar-refractivity contribution in [3.05, 3.63) is 12.2 Å². The molecule has 1 aliphatic heterocycles. The lowest BCUT2D eigenvalue weighted by molar-refractivity contribution is -0.136. The lowest BCUT2D eigenvalue weighted by atomic mass is 9.81. The van der Waals surface area contributed by atoms with E-state index in [0.717, 1.165) is 51.7 Å². The van der Waals surface area contributed by atoms with E-state index in [1.165, 1.54) is 0 Å². The fraction of sp³-hybridized carbons (Fsp3) is 0.769. The Balaban J connectivity index is 1.84. The van der Waals surface area contributed by atoms with E-state index in [-0.39, 0.29) is 5.92 Å². The Bertz CT molecular complexity index is 267. The zero-order valence-corrected chi connectivity index (χ0v) is 9.90. The van der Waals surface area contributed by atoms with E-state index in [2.05, 4.69) is 12.2 Å². The van der Waals surface area contributed by atoms with Gasteiger partial charge in [-0.05, 0) is 44.6 Å². The molecular weight excluding hydrogens is 200 g/mol. The number of nitrogens with two attached hydrogens (primary N) is 1. The standard InChI is InChI=1S/C13H22N2O/c14-10-11-4-6-12(7-5-11)13(16)15-8-2-1-3-9-15/h1-2,11-12H,3-10,14H2. The van der Waals surface area contributed by atoms with E-state index < -0.39 is 0 Å². The summed E-state index contributed by atoms with van der Waals surface area (Å²) in [5, 5.41) is 0. The highest BCUT2D eigenvalue weighted by Gasteiger charge is 2.28. The highest BCUT2D eigenvalue weighted by atomic mass is 16.2. The van der Waals surface area contributed by atoms with Crippen molar-refractivity contribution in [1.29, 1.82) is 0 Å². The highest BCUT2D eigenvalue weighted by Crippen LogP contribution is 2.29. The fourth-order valence-corrected chi connectivity index (χ4v) is 2.74. The molecule has 0 spiro atoms. The summed E-state index contributed by atoms with van der Waals surface area (Å²) in [4.78, 5) is 14.2. The number of amides is 1. The van der Waals surface area contributed by atoms with Gasteiger partial charge < -0.3 is 10.6 Å². The second kappa shape index (κ2) is 5.48. The number of carbonyl (C=O) groups excluding carboxylic acids is 1. The third-order valence-electron chi connectivity index (χ3n) is 3.90. The van der Waals surface area contributed by atoms with Gasteiger partial charge in [0.25, 0.3) is 0 Å². The predicted octanol–water partition coefficient (Wildman–Crippen LogP) is 1.54. The van der Waals surface area contributed by atoms with Crippen molar-refractivity contribution in [3.8, 4) is 0 Å². The Kier molecular flexibility index (Phi) is 3.99. The molecule has 2 aliphatic rings. The molecule has 0 bridgehead atoms. The second-order valence-electron chi connectivity index (χ2n) is 5.00. The molecular formula is C13H22N2O. The normalized spacial score (nSPS) is 30.4. The molecule has 90 valence electrons. The van der Waals surface area contributed by atoms with Crippen LogP contribution in [-0.4, -0.2) is 30.4 Å². The van der Waals surface area contributed by atoms with Crippen LogP contribution in [0.3, 0.4) is 0 Å². The lowest BCUT2D eigenvalue weighted by Crippen LogP contribution is -2.40. The summed E-state index contributed by atoms with van der Waals surface area (Å²) in [7, 11) is 0. The first-order chi connectivity index (χ1) is 7.81. The Hall–Kier alpha value is -0.830. The van der Waals surface area contributed by atoms with Gasteiger partial charge in [0.05, 0.1) is 0 Å². The van der Waals surface area contributed by atoms with Gasteiger partial charge in [0, 0.05) is 19.0 Å². The van der Waals surface area contributed by atoms with Crippen molar-refractivity contribution in [2.24, 2.45) is 17.6 Å². The SMILES string of the molecule is NCC1CCC(C(=O)N2CC=CCC2)CC1. The molecule has 1 heterocycles. The Morgan fingerprint density at radius 2 is 2.00 bits per heavy atom. The first-order valence-corrected chi connectivity index (χ1v) is 6.45. The quantitative estimate of drug-likeness (QED) is 0.720. The molecule has 1 aliphatic carbocycles. The van der Waals surface area contributed by atoms with Gasteiger partial charge in [-0.15, -0.1) is 0 Å². The van der Waals surface area contributed by atoms with Gasteiger partial charge in [0.15, 0.2) is 0 Å². The van der Waals surface area contributed by atoms with Crippen molar-refractivity contribution in [2.45, 2.75) is 32.1 Å². The van der Waals surface area contributed by atoms with Crippen LogP contribution >= 0.6 is 0 Å². The number of nitrogens with zero attached hydrogens (tertiary/aromatic N) is 1. The van der Waals surface area contributed by atoms with Gasteiger partial charge in [-0.2, -0.15) is 0 Å². The van der Waals surface area contributed by atoms with Gasteiger partial charge >= 0.3 is 0 Å². The first-order valence-electron chi connectivity index (χ1n) is 6.45. The number of hydrogen-bond acceptors (Lipinski definition) is 2. The zero-order valence-electron chi connectivity index (χ0n) is 9.90. The van der Waals surface area contributed by atoms with Crippen LogP contribution in [0.1, 0.15) is 32.1 Å². The van der Waals surface area contributed by atoms with Crippen LogP contribution in [0.25, 0.3) is 0 Å². The third kappa shape index (κ3) is 2.64. The lowest BCUT2D eigenvalue weighted by Gasteiger charge is -2.32. The Morgan fingerprint density at radius 1 is 1.25 bits per heavy atom. The molecule has 1 fully saturated rings. The molecule has 0 aromatic carbocycles. The highest BCUT2D eigenvalue weighted by molar-refractivity contribution is 5.79. The van der Waals surface area contributed by atoms with Gasteiger partial charge in [0.2, 0.25) is 5.91 Å². The van der Waals surface area contributed by atoms with Crippen molar-refractivity contribution in [1.82, 2.24) is 4.90 Å². The average molecular weight is 222 g/mol. The van der Waals surface area contributed by atoms with Crippen molar-refractivity contribution in [2.75, 3.05) is 19.6 Å². The van der Waals surface area contributed by atoms with Crippen LogP contribution in [0.2, 0.25) is 0 Å². The smallest absolute Gasteiger partial charge is 0.225 e. The van der Waals surface area contributed by atoms with Crippen LogP contribution in [0, 0.1) is 11.8 Å². The van der Waals surface area contributed by atoms with E-state index in [0.29, 0.717) is 11.8 Å².